The van der Waals surface area contributed by atoms with Crippen LogP contribution in [0.15, 0.2) is 48.5 Å². The zero-order chi connectivity index (χ0) is 20.6. The fraction of sp³-hybridized carbons (Fsp3) is 0.417. The maximum Gasteiger partial charge on any atom is 0.409 e. The minimum absolute atomic E-state index is 0.0453. The Morgan fingerprint density at radius 2 is 1.66 bits per heavy atom. The molecule has 1 fully saturated rings. The van der Waals surface area contributed by atoms with Crippen LogP contribution in [-0.2, 0) is 9.53 Å². The molecule has 1 N–H and O–H groups in total. The van der Waals surface area contributed by atoms with Crippen molar-refractivity contribution in [2.45, 2.75) is 32.6 Å². The van der Waals surface area contributed by atoms with Gasteiger partial charge in [0.15, 0.2) is 0 Å². The van der Waals surface area contributed by atoms with E-state index >= 15 is 0 Å². The lowest BCUT2D eigenvalue weighted by Crippen LogP contribution is -2.49. The van der Waals surface area contributed by atoms with Crippen molar-refractivity contribution in [3.05, 3.63) is 59.7 Å². The number of rotatable bonds is 4. The van der Waals surface area contributed by atoms with Gasteiger partial charge in [-0.15, -0.1) is 0 Å². The SMILES string of the molecule is CC1(C)CN(C(=O)OCC2c3ccccc3-c3ccccc32)CCC1CC(=O)O. The van der Waals surface area contributed by atoms with Gasteiger partial charge in [0.05, 0.1) is 0 Å². The predicted molar refractivity (Wildman–Crippen MR) is 111 cm³/mol. The fourth-order valence-electron chi connectivity index (χ4n) is 4.83. The van der Waals surface area contributed by atoms with E-state index in [-0.39, 0.29) is 29.8 Å². The van der Waals surface area contributed by atoms with E-state index in [1.807, 2.05) is 38.1 Å². The molecule has 1 saturated heterocycles. The van der Waals surface area contributed by atoms with Gasteiger partial charge in [0.25, 0.3) is 0 Å². The highest BCUT2D eigenvalue weighted by molar-refractivity contribution is 5.79. The Kier molecular flexibility index (Phi) is 5.07. The molecule has 4 rings (SSSR count). The fourth-order valence-corrected chi connectivity index (χ4v) is 4.83. The molecule has 0 saturated carbocycles. The van der Waals surface area contributed by atoms with Crippen molar-refractivity contribution in [1.29, 1.82) is 0 Å². The van der Waals surface area contributed by atoms with Crippen molar-refractivity contribution in [3.63, 3.8) is 0 Å². The Labute approximate surface area is 171 Å². The van der Waals surface area contributed by atoms with E-state index in [1.165, 1.54) is 22.3 Å². The number of carboxylic acids is 1. The lowest BCUT2D eigenvalue weighted by Gasteiger charge is -2.43. The molecule has 152 valence electrons. The van der Waals surface area contributed by atoms with E-state index in [4.69, 9.17) is 9.84 Å². The molecule has 5 heteroatoms. The molecule has 1 amide bonds. The van der Waals surface area contributed by atoms with E-state index in [0.717, 1.165) is 0 Å². The highest BCUT2D eigenvalue weighted by atomic mass is 16.6. The number of hydrogen-bond donors (Lipinski definition) is 1. The van der Waals surface area contributed by atoms with E-state index in [0.29, 0.717) is 26.1 Å². The number of carbonyl (C=O) groups excluding carboxylic acids is 1. The third kappa shape index (κ3) is 3.74. The summed E-state index contributed by atoms with van der Waals surface area (Å²) in [6, 6.07) is 16.6. The Morgan fingerprint density at radius 1 is 1.07 bits per heavy atom. The average Bonchev–Trinajstić information content (AvgIpc) is 3.01. The van der Waals surface area contributed by atoms with Crippen molar-refractivity contribution < 1.29 is 19.4 Å². The normalized spacial score (nSPS) is 20.1. The van der Waals surface area contributed by atoms with Crippen LogP contribution in [0.5, 0.6) is 0 Å². The molecule has 0 bridgehead atoms. The molecule has 29 heavy (non-hydrogen) atoms. The van der Waals surface area contributed by atoms with Crippen LogP contribution in [0.2, 0.25) is 0 Å². The first kappa shape index (κ1) is 19.5. The molecular formula is C24H27NO4. The monoisotopic (exact) mass is 393 g/mol. The number of likely N-dealkylation sites (tertiary alicyclic amines) is 1. The predicted octanol–water partition coefficient (Wildman–Crippen LogP) is 4.76. The average molecular weight is 393 g/mol. The second-order valence-electron chi connectivity index (χ2n) is 8.80. The first-order chi connectivity index (χ1) is 13.9. The molecule has 1 aliphatic carbocycles. The Morgan fingerprint density at radius 3 is 2.21 bits per heavy atom. The minimum Gasteiger partial charge on any atom is -0.481 e. The molecule has 1 heterocycles. The van der Waals surface area contributed by atoms with Gasteiger partial charge in [0, 0.05) is 25.4 Å². The van der Waals surface area contributed by atoms with Crippen LogP contribution in [0.4, 0.5) is 4.79 Å². The number of aliphatic carboxylic acids is 1. The van der Waals surface area contributed by atoms with Crippen LogP contribution in [0.3, 0.4) is 0 Å². The minimum atomic E-state index is -0.780. The third-order valence-electron chi connectivity index (χ3n) is 6.47. The zero-order valence-corrected chi connectivity index (χ0v) is 16.9. The number of carboxylic acid groups (broad SMARTS) is 1. The maximum atomic E-state index is 12.8. The van der Waals surface area contributed by atoms with Crippen LogP contribution in [0.25, 0.3) is 11.1 Å². The summed E-state index contributed by atoms with van der Waals surface area (Å²) < 4.78 is 5.76. The van der Waals surface area contributed by atoms with Gasteiger partial charge in [0.1, 0.15) is 6.61 Å². The van der Waals surface area contributed by atoms with Gasteiger partial charge in [-0.05, 0) is 40.0 Å². The molecule has 2 aliphatic rings. The maximum absolute atomic E-state index is 12.8. The summed E-state index contributed by atoms with van der Waals surface area (Å²) >= 11 is 0. The highest BCUT2D eigenvalue weighted by Gasteiger charge is 2.39. The smallest absolute Gasteiger partial charge is 0.409 e. The molecular weight excluding hydrogens is 366 g/mol. The molecule has 0 aromatic heterocycles. The second-order valence-corrected chi connectivity index (χ2v) is 8.80. The first-order valence-corrected chi connectivity index (χ1v) is 10.2. The number of ether oxygens (including phenoxy) is 1. The molecule has 1 unspecified atom stereocenters. The second kappa shape index (κ2) is 7.54. The highest BCUT2D eigenvalue weighted by Crippen LogP contribution is 2.44. The summed E-state index contributed by atoms with van der Waals surface area (Å²) in [5.41, 5.74) is 4.56. The Balaban J connectivity index is 1.44. The van der Waals surface area contributed by atoms with Gasteiger partial charge in [-0.2, -0.15) is 0 Å². The Hall–Kier alpha value is -2.82. The van der Waals surface area contributed by atoms with Crippen molar-refractivity contribution in [1.82, 2.24) is 4.90 Å². The van der Waals surface area contributed by atoms with Gasteiger partial charge in [-0.1, -0.05) is 62.4 Å². The molecule has 5 nitrogen and oxygen atoms in total. The van der Waals surface area contributed by atoms with Crippen LogP contribution in [0, 0.1) is 11.3 Å². The van der Waals surface area contributed by atoms with Gasteiger partial charge < -0.3 is 14.7 Å². The summed E-state index contributed by atoms with van der Waals surface area (Å²) in [6.45, 7) is 5.43. The van der Waals surface area contributed by atoms with Crippen LogP contribution >= 0.6 is 0 Å². The molecule has 0 spiro atoms. The number of amides is 1. The standard InChI is InChI=1S/C24H27NO4/c1-24(2)15-25(12-11-16(24)13-22(26)27)23(28)29-14-21-19-9-5-3-7-17(19)18-8-4-6-10-20(18)21/h3-10,16,21H,11-15H2,1-2H3,(H,26,27). The zero-order valence-electron chi connectivity index (χ0n) is 16.9. The van der Waals surface area contributed by atoms with Crippen molar-refractivity contribution in [2.24, 2.45) is 11.3 Å². The van der Waals surface area contributed by atoms with Crippen LogP contribution in [0.1, 0.15) is 43.7 Å². The van der Waals surface area contributed by atoms with E-state index in [1.54, 1.807) is 4.90 Å². The molecule has 1 aliphatic heterocycles. The summed E-state index contributed by atoms with van der Waals surface area (Å²) in [7, 11) is 0. The summed E-state index contributed by atoms with van der Waals surface area (Å²) in [5.74, 6) is -0.667. The quantitative estimate of drug-likeness (QED) is 0.813. The van der Waals surface area contributed by atoms with Crippen molar-refractivity contribution in [3.8, 4) is 11.1 Å². The lowest BCUT2D eigenvalue weighted by molar-refractivity contribution is -0.139. The van der Waals surface area contributed by atoms with Gasteiger partial charge >= 0.3 is 12.1 Å². The number of fused-ring (bicyclic) bond motifs is 3. The van der Waals surface area contributed by atoms with E-state index in [9.17, 15) is 9.59 Å². The molecule has 2 aromatic carbocycles. The molecule has 1 atom stereocenters. The van der Waals surface area contributed by atoms with E-state index < -0.39 is 5.97 Å². The van der Waals surface area contributed by atoms with E-state index in [2.05, 4.69) is 24.3 Å². The first-order valence-electron chi connectivity index (χ1n) is 10.2. The number of carbonyl (C=O) groups is 2. The van der Waals surface area contributed by atoms with Gasteiger partial charge in [0.2, 0.25) is 0 Å². The third-order valence-corrected chi connectivity index (χ3v) is 6.47. The number of benzene rings is 2. The van der Waals surface area contributed by atoms with Crippen molar-refractivity contribution in [2.75, 3.05) is 19.7 Å². The lowest BCUT2D eigenvalue weighted by atomic mass is 9.72. The van der Waals surface area contributed by atoms with Gasteiger partial charge in [-0.3, -0.25) is 4.79 Å². The van der Waals surface area contributed by atoms with Crippen molar-refractivity contribution >= 4 is 12.1 Å². The topological polar surface area (TPSA) is 66.8 Å². The molecule has 0 radical (unpaired) electrons. The number of nitrogens with zero attached hydrogens (tertiary/aromatic N) is 1. The van der Waals surface area contributed by atoms with Crippen LogP contribution < -0.4 is 0 Å². The van der Waals surface area contributed by atoms with Gasteiger partial charge in [-0.25, -0.2) is 4.79 Å². The van der Waals surface area contributed by atoms with Crippen LogP contribution in [-0.4, -0.2) is 41.8 Å². The summed E-state index contributed by atoms with van der Waals surface area (Å²) in [4.78, 5) is 25.6. The number of hydrogen-bond acceptors (Lipinski definition) is 3. The number of piperidine rings is 1. The largest absolute Gasteiger partial charge is 0.481 e. The Bertz CT molecular complexity index is 890. The molecule has 2 aromatic rings. The summed E-state index contributed by atoms with van der Waals surface area (Å²) in [5, 5.41) is 9.13. The summed E-state index contributed by atoms with van der Waals surface area (Å²) in [6.07, 6.45) is 0.517.